The topological polar surface area (TPSA) is 0 Å². The SMILES string of the molecule is Cc1c(C=CCCCl)ccc(F)c1F. The van der Waals surface area contributed by atoms with E-state index in [1.165, 1.54) is 0 Å². The summed E-state index contributed by atoms with van der Waals surface area (Å²) >= 11 is 5.48. The Kier molecular flexibility index (Phi) is 4.08. The lowest BCUT2D eigenvalue weighted by Crippen LogP contribution is -1.91. The van der Waals surface area contributed by atoms with Crippen molar-refractivity contribution in [1.82, 2.24) is 0 Å². The Labute approximate surface area is 87.2 Å². The molecule has 0 saturated heterocycles. The Morgan fingerprint density at radius 2 is 2.07 bits per heavy atom. The molecule has 0 atom stereocenters. The number of halogens is 3. The summed E-state index contributed by atoms with van der Waals surface area (Å²) in [6.07, 6.45) is 4.31. The molecular weight excluding hydrogens is 206 g/mol. The molecule has 0 radical (unpaired) electrons. The molecule has 0 nitrogen and oxygen atoms in total. The van der Waals surface area contributed by atoms with Crippen molar-refractivity contribution in [2.24, 2.45) is 0 Å². The second kappa shape index (κ2) is 5.11. The minimum absolute atomic E-state index is 0.329. The van der Waals surface area contributed by atoms with E-state index in [1.54, 1.807) is 19.1 Å². The number of alkyl halides is 1. The molecule has 14 heavy (non-hydrogen) atoms. The van der Waals surface area contributed by atoms with Gasteiger partial charge in [-0.05, 0) is 30.5 Å². The molecule has 0 aliphatic carbocycles. The van der Waals surface area contributed by atoms with Crippen molar-refractivity contribution in [2.75, 3.05) is 5.88 Å². The molecule has 0 bridgehead atoms. The Morgan fingerprint density at radius 1 is 1.36 bits per heavy atom. The lowest BCUT2D eigenvalue weighted by molar-refractivity contribution is 0.503. The van der Waals surface area contributed by atoms with Crippen molar-refractivity contribution >= 4 is 17.7 Å². The summed E-state index contributed by atoms with van der Waals surface area (Å²) in [5.41, 5.74) is 1.02. The molecule has 0 heterocycles. The Hall–Kier alpha value is -0.890. The van der Waals surface area contributed by atoms with Gasteiger partial charge >= 0.3 is 0 Å². The normalized spacial score (nSPS) is 11.1. The molecule has 0 aliphatic rings. The van der Waals surface area contributed by atoms with Gasteiger partial charge in [-0.1, -0.05) is 18.2 Å². The Morgan fingerprint density at radius 3 is 2.71 bits per heavy atom. The first-order chi connectivity index (χ1) is 6.66. The molecule has 0 N–H and O–H groups in total. The number of allylic oxidation sites excluding steroid dienone is 1. The molecule has 76 valence electrons. The number of rotatable bonds is 3. The highest BCUT2D eigenvalue weighted by Crippen LogP contribution is 2.17. The highest BCUT2D eigenvalue weighted by Gasteiger charge is 2.06. The van der Waals surface area contributed by atoms with E-state index in [9.17, 15) is 8.78 Å². The van der Waals surface area contributed by atoms with Crippen LogP contribution in [-0.2, 0) is 0 Å². The fraction of sp³-hybridized carbons (Fsp3) is 0.273. The molecule has 0 aliphatic heterocycles. The minimum atomic E-state index is -0.808. The van der Waals surface area contributed by atoms with Gasteiger partial charge in [-0.3, -0.25) is 0 Å². The van der Waals surface area contributed by atoms with Crippen LogP contribution in [0.4, 0.5) is 8.78 Å². The number of hydrogen-bond acceptors (Lipinski definition) is 0. The average Bonchev–Trinajstić information content (AvgIpc) is 2.18. The lowest BCUT2D eigenvalue weighted by Gasteiger charge is -2.02. The van der Waals surface area contributed by atoms with Crippen molar-refractivity contribution < 1.29 is 8.78 Å². The molecule has 0 fully saturated rings. The summed E-state index contributed by atoms with van der Waals surface area (Å²) in [4.78, 5) is 0. The third kappa shape index (κ3) is 2.55. The van der Waals surface area contributed by atoms with Crippen LogP contribution in [0.15, 0.2) is 18.2 Å². The Bertz CT molecular complexity index is 345. The number of benzene rings is 1. The predicted octanol–water partition coefficient (Wildman–Crippen LogP) is 3.92. The average molecular weight is 217 g/mol. The van der Waals surface area contributed by atoms with Gasteiger partial charge in [0.15, 0.2) is 11.6 Å². The molecule has 3 heteroatoms. The van der Waals surface area contributed by atoms with E-state index >= 15 is 0 Å². The molecule has 1 rings (SSSR count). The summed E-state index contributed by atoms with van der Waals surface area (Å²) in [5, 5.41) is 0. The van der Waals surface area contributed by atoms with Crippen molar-refractivity contribution in [3.05, 3.63) is 41.0 Å². The summed E-state index contributed by atoms with van der Waals surface area (Å²) in [5.74, 6) is -1.06. The number of hydrogen-bond donors (Lipinski definition) is 0. The first kappa shape index (κ1) is 11.2. The summed E-state index contributed by atoms with van der Waals surface area (Å²) in [6, 6.07) is 2.68. The predicted molar refractivity (Wildman–Crippen MR) is 55.5 cm³/mol. The van der Waals surface area contributed by atoms with Crippen molar-refractivity contribution in [2.45, 2.75) is 13.3 Å². The van der Waals surface area contributed by atoms with Crippen LogP contribution in [0.5, 0.6) is 0 Å². The maximum absolute atomic E-state index is 13.1. The Balaban J connectivity index is 2.94. The van der Waals surface area contributed by atoms with E-state index in [0.717, 1.165) is 12.5 Å². The molecule has 0 unspecified atom stereocenters. The maximum atomic E-state index is 13.1. The third-order valence-electron chi connectivity index (χ3n) is 1.95. The second-order valence-corrected chi connectivity index (χ2v) is 3.33. The van der Waals surface area contributed by atoms with Crippen LogP contribution in [0.2, 0.25) is 0 Å². The van der Waals surface area contributed by atoms with Gasteiger partial charge in [0, 0.05) is 5.88 Å². The van der Waals surface area contributed by atoms with Gasteiger partial charge in [0.05, 0.1) is 0 Å². The summed E-state index contributed by atoms with van der Waals surface area (Å²) in [6.45, 7) is 1.55. The molecular formula is C11H11ClF2. The van der Waals surface area contributed by atoms with E-state index in [1.807, 2.05) is 6.08 Å². The van der Waals surface area contributed by atoms with Crippen molar-refractivity contribution in [3.63, 3.8) is 0 Å². The van der Waals surface area contributed by atoms with Gasteiger partial charge < -0.3 is 0 Å². The van der Waals surface area contributed by atoms with Crippen LogP contribution >= 0.6 is 11.6 Å². The van der Waals surface area contributed by atoms with Crippen LogP contribution in [0.25, 0.3) is 6.08 Å². The third-order valence-corrected chi connectivity index (χ3v) is 2.17. The molecule has 1 aromatic carbocycles. The van der Waals surface area contributed by atoms with Crippen LogP contribution < -0.4 is 0 Å². The van der Waals surface area contributed by atoms with Gasteiger partial charge in [-0.25, -0.2) is 8.78 Å². The molecule has 0 aromatic heterocycles. The van der Waals surface area contributed by atoms with E-state index in [-0.39, 0.29) is 0 Å². The maximum Gasteiger partial charge on any atom is 0.162 e. The first-order valence-corrected chi connectivity index (χ1v) is 4.87. The minimum Gasteiger partial charge on any atom is -0.204 e. The molecule has 1 aromatic rings. The zero-order valence-electron chi connectivity index (χ0n) is 7.86. The van der Waals surface area contributed by atoms with Gasteiger partial charge in [-0.2, -0.15) is 0 Å². The first-order valence-electron chi connectivity index (χ1n) is 4.34. The summed E-state index contributed by atoms with van der Waals surface area (Å²) in [7, 11) is 0. The highest BCUT2D eigenvalue weighted by atomic mass is 35.5. The van der Waals surface area contributed by atoms with E-state index in [4.69, 9.17) is 11.6 Å². The van der Waals surface area contributed by atoms with Gasteiger partial charge in [0.2, 0.25) is 0 Å². The van der Waals surface area contributed by atoms with Crippen molar-refractivity contribution in [1.29, 1.82) is 0 Å². The smallest absolute Gasteiger partial charge is 0.162 e. The highest BCUT2D eigenvalue weighted by molar-refractivity contribution is 6.17. The zero-order chi connectivity index (χ0) is 10.6. The standard InChI is InChI=1S/C11H11ClF2/c1-8-9(4-2-3-7-12)5-6-10(13)11(8)14/h2,4-6H,3,7H2,1H3. The zero-order valence-corrected chi connectivity index (χ0v) is 8.61. The van der Waals surface area contributed by atoms with Crippen LogP contribution in [0.3, 0.4) is 0 Å². The van der Waals surface area contributed by atoms with E-state index in [2.05, 4.69) is 0 Å². The molecule has 0 amide bonds. The van der Waals surface area contributed by atoms with Crippen LogP contribution in [-0.4, -0.2) is 5.88 Å². The fourth-order valence-corrected chi connectivity index (χ4v) is 1.25. The molecule has 0 saturated carbocycles. The molecule has 0 spiro atoms. The lowest BCUT2D eigenvalue weighted by atomic mass is 10.1. The van der Waals surface area contributed by atoms with E-state index in [0.29, 0.717) is 17.0 Å². The second-order valence-electron chi connectivity index (χ2n) is 2.96. The van der Waals surface area contributed by atoms with Crippen molar-refractivity contribution in [3.8, 4) is 0 Å². The fourth-order valence-electron chi connectivity index (χ4n) is 1.12. The monoisotopic (exact) mass is 216 g/mol. The van der Waals surface area contributed by atoms with Crippen LogP contribution in [0, 0.1) is 18.6 Å². The van der Waals surface area contributed by atoms with Gasteiger partial charge in [-0.15, -0.1) is 11.6 Å². The van der Waals surface area contributed by atoms with Gasteiger partial charge in [0.1, 0.15) is 0 Å². The van der Waals surface area contributed by atoms with Gasteiger partial charge in [0.25, 0.3) is 0 Å². The van der Waals surface area contributed by atoms with Crippen LogP contribution in [0.1, 0.15) is 17.5 Å². The largest absolute Gasteiger partial charge is 0.204 e. The summed E-state index contributed by atoms with van der Waals surface area (Å²) < 4.78 is 25.8. The van der Waals surface area contributed by atoms with E-state index < -0.39 is 11.6 Å². The quantitative estimate of drug-likeness (QED) is 0.672.